The van der Waals surface area contributed by atoms with Crippen LogP contribution in [0.25, 0.3) is 5.65 Å². The Morgan fingerprint density at radius 1 is 1.25 bits per heavy atom. The maximum absolute atomic E-state index is 13.7. The first kappa shape index (κ1) is 17.7. The van der Waals surface area contributed by atoms with Crippen molar-refractivity contribution in [1.82, 2.24) is 9.38 Å². The van der Waals surface area contributed by atoms with Gasteiger partial charge in [-0.2, -0.15) is 0 Å². The van der Waals surface area contributed by atoms with Crippen LogP contribution in [0.1, 0.15) is 17.0 Å². The van der Waals surface area contributed by atoms with Gasteiger partial charge in [-0.05, 0) is 31.2 Å². The Kier molecular flexibility index (Phi) is 5.04. The van der Waals surface area contributed by atoms with Crippen molar-refractivity contribution in [3.8, 4) is 5.75 Å². The predicted octanol–water partition coefficient (Wildman–Crippen LogP) is 3.21. The second-order valence-corrected chi connectivity index (χ2v) is 5.01. The number of benzene rings is 1. The van der Waals surface area contributed by atoms with E-state index < -0.39 is 11.6 Å². The van der Waals surface area contributed by atoms with E-state index in [4.69, 9.17) is 15.9 Å². The van der Waals surface area contributed by atoms with Crippen LogP contribution < -0.4 is 10.5 Å². The lowest BCUT2D eigenvalue weighted by molar-refractivity contribution is 0.294. The molecule has 0 radical (unpaired) electrons. The normalized spacial score (nSPS) is 10.5. The van der Waals surface area contributed by atoms with Gasteiger partial charge in [0.2, 0.25) is 0 Å². The standard InChI is InChI=1S/C16H14F2N4O.ClH/c1-9-14(15(19)20)22-7-3-6-13(16(22)21-9)23-8-10-11(17)4-2-5-12(10)18;/h2-7H,8H2,1H3,(H3,19,20);1H. The Bertz CT molecular complexity index is 890. The number of nitrogen functional groups attached to an aromatic ring is 1. The van der Waals surface area contributed by atoms with Crippen LogP contribution in [0.3, 0.4) is 0 Å². The molecule has 2 heterocycles. The number of fused-ring (bicyclic) bond motifs is 1. The molecule has 8 heteroatoms. The van der Waals surface area contributed by atoms with Crippen molar-refractivity contribution < 1.29 is 13.5 Å². The zero-order valence-electron chi connectivity index (χ0n) is 12.7. The minimum Gasteiger partial charge on any atom is -0.485 e. The lowest BCUT2D eigenvalue weighted by Gasteiger charge is -2.09. The summed E-state index contributed by atoms with van der Waals surface area (Å²) >= 11 is 0. The number of amidine groups is 1. The van der Waals surface area contributed by atoms with E-state index >= 15 is 0 Å². The first-order valence-corrected chi connectivity index (χ1v) is 6.86. The molecular weight excluding hydrogens is 338 g/mol. The Labute approximate surface area is 143 Å². The third kappa shape index (κ3) is 3.03. The molecule has 1 aromatic carbocycles. The summed E-state index contributed by atoms with van der Waals surface area (Å²) in [6, 6.07) is 6.98. The molecule has 2 aromatic heterocycles. The van der Waals surface area contributed by atoms with Crippen molar-refractivity contribution in [3.63, 3.8) is 0 Å². The average molecular weight is 353 g/mol. The van der Waals surface area contributed by atoms with Gasteiger partial charge in [0, 0.05) is 6.20 Å². The third-order valence-electron chi connectivity index (χ3n) is 3.48. The Morgan fingerprint density at radius 2 is 1.92 bits per heavy atom. The van der Waals surface area contributed by atoms with Crippen LogP contribution in [-0.2, 0) is 6.61 Å². The van der Waals surface area contributed by atoms with Gasteiger partial charge >= 0.3 is 0 Å². The minimum absolute atomic E-state index is 0. The number of hydrogen-bond donors (Lipinski definition) is 2. The summed E-state index contributed by atoms with van der Waals surface area (Å²) in [5.74, 6) is -1.10. The van der Waals surface area contributed by atoms with E-state index in [1.54, 1.807) is 29.7 Å². The van der Waals surface area contributed by atoms with Gasteiger partial charge in [-0.25, -0.2) is 13.8 Å². The first-order chi connectivity index (χ1) is 11.0. The number of ether oxygens (including phenoxy) is 1. The lowest BCUT2D eigenvalue weighted by Crippen LogP contribution is -2.15. The highest BCUT2D eigenvalue weighted by Crippen LogP contribution is 2.23. The van der Waals surface area contributed by atoms with Gasteiger partial charge in [-0.1, -0.05) is 6.07 Å². The molecule has 0 bridgehead atoms. The fraction of sp³-hybridized carbons (Fsp3) is 0.125. The van der Waals surface area contributed by atoms with Crippen molar-refractivity contribution in [2.45, 2.75) is 13.5 Å². The average Bonchev–Trinajstić information content (AvgIpc) is 2.83. The maximum atomic E-state index is 13.7. The smallest absolute Gasteiger partial charge is 0.180 e. The molecule has 0 atom stereocenters. The fourth-order valence-corrected chi connectivity index (χ4v) is 2.41. The Balaban J connectivity index is 0.00000208. The molecule has 0 fully saturated rings. The van der Waals surface area contributed by atoms with E-state index in [1.165, 1.54) is 18.2 Å². The van der Waals surface area contributed by atoms with E-state index in [2.05, 4.69) is 4.98 Å². The summed E-state index contributed by atoms with van der Waals surface area (Å²) in [6.07, 6.45) is 1.70. The summed E-state index contributed by atoms with van der Waals surface area (Å²) in [5, 5.41) is 7.62. The van der Waals surface area contributed by atoms with E-state index in [0.717, 1.165) is 0 Å². The van der Waals surface area contributed by atoms with E-state index in [1.807, 2.05) is 0 Å². The molecule has 0 unspecified atom stereocenters. The predicted molar refractivity (Wildman–Crippen MR) is 88.9 cm³/mol. The topological polar surface area (TPSA) is 76.4 Å². The van der Waals surface area contributed by atoms with E-state index in [9.17, 15) is 8.78 Å². The quantitative estimate of drug-likeness (QED) is 0.559. The van der Waals surface area contributed by atoms with Crippen molar-refractivity contribution in [2.24, 2.45) is 5.73 Å². The summed E-state index contributed by atoms with van der Waals surface area (Å²) in [4.78, 5) is 4.32. The van der Waals surface area contributed by atoms with Gasteiger partial charge in [-0.3, -0.25) is 9.81 Å². The number of imidazole rings is 1. The van der Waals surface area contributed by atoms with Crippen LogP contribution in [-0.4, -0.2) is 15.2 Å². The van der Waals surface area contributed by atoms with Crippen molar-refractivity contribution >= 4 is 23.9 Å². The molecule has 0 spiro atoms. The van der Waals surface area contributed by atoms with E-state index in [0.29, 0.717) is 22.8 Å². The maximum Gasteiger partial charge on any atom is 0.180 e. The third-order valence-corrected chi connectivity index (χ3v) is 3.48. The van der Waals surface area contributed by atoms with Gasteiger partial charge in [0.05, 0.1) is 11.3 Å². The molecule has 0 aliphatic rings. The zero-order chi connectivity index (χ0) is 16.6. The highest BCUT2D eigenvalue weighted by molar-refractivity contribution is 5.95. The fourth-order valence-electron chi connectivity index (χ4n) is 2.41. The molecular formula is C16H15ClF2N4O. The van der Waals surface area contributed by atoms with Crippen LogP contribution in [0.15, 0.2) is 36.5 Å². The largest absolute Gasteiger partial charge is 0.485 e. The number of nitrogens with zero attached hydrogens (tertiary/aromatic N) is 2. The van der Waals surface area contributed by atoms with Crippen LogP contribution in [0, 0.1) is 24.0 Å². The Hall–Kier alpha value is -2.67. The molecule has 5 nitrogen and oxygen atoms in total. The van der Waals surface area contributed by atoms with Gasteiger partial charge in [-0.15, -0.1) is 12.4 Å². The van der Waals surface area contributed by atoms with Gasteiger partial charge in [0.1, 0.15) is 29.8 Å². The highest BCUT2D eigenvalue weighted by atomic mass is 35.5. The summed E-state index contributed by atoms with van der Waals surface area (Å²) in [6.45, 7) is 1.46. The number of nitrogens with one attached hydrogen (secondary N) is 1. The highest BCUT2D eigenvalue weighted by Gasteiger charge is 2.15. The molecule has 0 amide bonds. The van der Waals surface area contributed by atoms with Crippen LogP contribution in [0.2, 0.25) is 0 Å². The van der Waals surface area contributed by atoms with Crippen molar-refractivity contribution in [1.29, 1.82) is 5.41 Å². The number of rotatable bonds is 4. The SMILES string of the molecule is Cc1nc2c(OCc3c(F)cccc3F)cccn2c1C(=N)N.Cl. The van der Waals surface area contributed by atoms with Gasteiger partial charge < -0.3 is 10.5 Å². The number of halogens is 3. The van der Waals surface area contributed by atoms with Crippen LogP contribution >= 0.6 is 12.4 Å². The molecule has 0 aliphatic carbocycles. The van der Waals surface area contributed by atoms with Crippen LogP contribution in [0.5, 0.6) is 5.75 Å². The molecule has 24 heavy (non-hydrogen) atoms. The first-order valence-electron chi connectivity index (χ1n) is 6.86. The molecule has 126 valence electrons. The molecule has 3 aromatic rings. The molecule has 3 rings (SSSR count). The summed E-state index contributed by atoms with van der Waals surface area (Å²) in [5.41, 5.74) is 6.89. The van der Waals surface area contributed by atoms with E-state index in [-0.39, 0.29) is 30.4 Å². The van der Waals surface area contributed by atoms with Gasteiger partial charge in [0.25, 0.3) is 0 Å². The number of aromatic nitrogens is 2. The molecule has 0 saturated heterocycles. The van der Waals surface area contributed by atoms with Crippen molar-refractivity contribution in [3.05, 3.63) is 65.1 Å². The monoisotopic (exact) mass is 352 g/mol. The molecule has 3 N–H and O–H groups in total. The molecule has 0 saturated carbocycles. The molecule has 0 aliphatic heterocycles. The minimum atomic E-state index is -0.666. The van der Waals surface area contributed by atoms with Gasteiger partial charge in [0.15, 0.2) is 11.4 Å². The number of nitrogens with two attached hydrogens (primary N) is 1. The second kappa shape index (κ2) is 6.84. The number of hydrogen-bond acceptors (Lipinski definition) is 3. The number of pyridine rings is 1. The summed E-state index contributed by atoms with van der Waals surface area (Å²) in [7, 11) is 0. The zero-order valence-corrected chi connectivity index (χ0v) is 13.5. The second-order valence-electron chi connectivity index (χ2n) is 5.01. The summed E-state index contributed by atoms with van der Waals surface area (Å²) < 4.78 is 34.5. The Morgan fingerprint density at radius 3 is 2.54 bits per heavy atom. The van der Waals surface area contributed by atoms with Crippen LogP contribution in [0.4, 0.5) is 8.78 Å². The lowest BCUT2D eigenvalue weighted by atomic mass is 10.2. The number of aryl methyl sites for hydroxylation is 1. The van der Waals surface area contributed by atoms with Crippen molar-refractivity contribution in [2.75, 3.05) is 0 Å².